The molecule has 2 aromatic carbocycles. The van der Waals surface area contributed by atoms with Crippen LogP contribution >= 0.6 is 12.2 Å². The van der Waals surface area contributed by atoms with E-state index in [1.807, 2.05) is 18.3 Å². The maximum Gasteiger partial charge on any atom is 0.174 e. The van der Waals surface area contributed by atoms with E-state index < -0.39 is 0 Å². The number of thiocarbonyl (C=S) groups is 1. The Morgan fingerprint density at radius 1 is 0.909 bits per heavy atom. The van der Waals surface area contributed by atoms with Crippen LogP contribution < -0.4 is 10.2 Å². The molecule has 1 aliphatic heterocycles. The van der Waals surface area contributed by atoms with Gasteiger partial charge in [-0.1, -0.05) is 43.3 Å². The van der Waals surface area contributed by atoms with Gasteiger partial charge in [0.1, 0.15) is 0 Å². The van der Waals surface area contributed by atoms with Gasteiger partial charge in [-0.2, -0.15) is 0 Å². The van der Waals surface area contributed by atoms with Gasteiger partial charge in [0.2, 0.25) is 0 Å². The fourth-order valence-corrected chi connectivity index (χ4v) is 5.25. The van der Waals surface area contributed by atoms with E-state index in [2.05, 4.69) is 107 Å². The van der Waals surface area contributed by atoms with E-state index >= 15 is 0 Å². The first kappa shape index (κ1) is 21.4. The van der Waals surface area contributed by atoms with Crippen molar-refractivity contribution in [3.8, 4) is 5.69 Å². The van der Waals surface area contributed by atoms with Gasteiger partial charge in [0.15, 0.2) is 5.11 Å². The van der Waals surface area contributed by atoms with Crippen molar-refractivity contribution in [2.75, 3.05) is 4.90 Å². The predicted molar refractivity (Wildman–Crippen MR) is 139 cm³/mol. The molecule has 2 atom stereocenters. The van der Waals surface area contributed by atoms with Crippen LogP contribution in [-0.4, -0.2) is 14.7 Å². The summed E-state index contributed by atoms with van der Waals surface area (Å²) in [4.78, 5) is 6.94. The molecule has 33 heavy (non-hydrogen) atoms. The number of pyridine rings is 1. The van der Waals surface area contributed by atoms with Gasteiger partial charge < -0.3 is 14.8 Å². The van der Waals surface area contributed by atoms with E-state index in [0.29, 0.717) is 0 Å². The fourth-order valence-electron chi connectivity index (χ4n) is 4.90. The van der Waals surface area contributed by atoms with Crippen molar-refractivity contribution in [2.45, 2.75) is 39.3 Å². The number of benzene rings is 2. The smallest absolute Gasteiger partial charge is 0.174 e. The summed E-state index contributed by atoms with van der Waals surface area (Å²) in [5, 5.41) is 4.30. The van der Waals surface area contributed by atoms with Crippen molar-refractivity contribution < 1.29 is 0 Å². The maximum absolute atomic E-state index is 5.89. The molecule has 4 nitrogen and oxygen atoms in total. The van der Waals surface area contributed by atoms with Gasteiger partial charge in [0, 0.05) is 29.0 Å². The monoisotopic (exact) mass is 452 g/mol. The number of rotatable bonds is 5. The zero-order valence-corrected chi connectivity index (χ0v) is 20.0. The molecule has 0 amide bonds. The molecule has 0 saturated carbocycles. The van der Waals surface area contributed by atoms with Gasteiger partial charge in [-0.3, -0.25) is 4.98 Å². The van der Waals surface area contributed by atoms with Crippen molar-refractivity contribution in [1.82, 2.24) is 14.9 Å². The Bertz CT molecular complexity index is 1260. The summed E-state index contributed by atoms with van der Waals surface area (Å²) in [6.07, 6.45) is 2.87. The van der Waals surface area contributed by atoms with Crippen LogP contribution in [-0.2, 0) is 6.42 Å². The summed E-state index contributed by atoms with van der Waals surface area (Å²) in [6.45, 7) is 6.54. The normalized spacial score (nSPS) is 17.9. The van der Waals surface area contributed by atoms with Crippen LogP contribution in [0.15, 0.2) is 85.1 Å². The molecule has 2 aromatic heterocycles. The molecule has 4 aromatic rings. The molecule has 0 unspecified atom stereocenters. The second kappa shape index (κ2) is 8.83. The summed E-state index contributed by atoms with van der Waals surface area (Å²) >= 11 is 5.89. The zero-order chi connectivity index (χ0) is 22.9. The molecule has 1 fully saturated rings. The third-order valence-electron chi connectivity index (χ3n) is 6.52. The highest BCUT2D eigenvalue weighted by atomic mass is 32.1. The van der Waals surface area contributed by atoms with E-state index in [9.17, 15) is 0 Å². The van der Waals surface area contributed by atoms with Crippen LogP contribution in [0.25, 0.3) is 5.69 Å². The Morgan fingerprint density at radius 2 is 1.64 bits per heavy atom. The topological polar surface area (TPSA) is 33.1 Å². The number of hydrogen-bond donors (Lipinski definition) is 1. The quantitative estimate of drug-likeness (QED) is 0.364. The van der Waals surface area contributed by atoms with Crippen LogP contribution in [0.5, 0.6) is 0 Å². The first-order chi connectivity index (χ1) is 16.1. The van der Waals surface area contributed by atoms with Crippen LogP contribution in [0.4, 0.5) is 5.69 Å². The van der Waals surface area contributed by atoms with E-state index in [-0.39, 0.29) is 12.1 Å². The highest BCUT2D eigenvalue weighted by Gasteiger charge is 2.42. The molecule has 166 valence electrons. The van der Waals surface area contributed by atoms with Gasteiger partial charge in [0.05, 0.1) is 17.8 Å². The summed E-state index contributed by atoms with van der Waals surface area (Å²) in [7, 11) is 0. The minimum atomic E-state index is -0.0470. The Kier molecular flexibility index (Phi) is 5.73. The van der Waals surface area contributed by atoms with Gasteiger partial charge in [-0.25, -0.2) is 0 Å². The average Bonchev–Trinajstić information content (AvgIpc) is 3.35. The lowest BCUT2D eigenvalue weighted by atomic mass is 9.96. The van der Waals surface area contributed by atoms with E-state index in [1.165, 1.54) is 28.2 Å². The van der Waals surface area contributed by atoms with Gasteiger partial charge in [0.25, 0.3) is 0 Å². The molecule has 5 rings (SSSR count). The third kappa shape index (κ3) is 3.83. The molecule has 0 aliphatic carbocycles. The fraction of sp³-hybridized carbons (Fsp3) is 0.214. The number of anilines is 1. The number of nitrogens with one attached hydrogen (secondary N) is 1. The van der Waals surface area contributed by atoms with E-state index in [4.69, 9.17) is 12.2 Å². The Hall–Kier alpha value is -3.44. The average molecular weight is 453 g/mol. The number of para-hydroxylation sites is 1. The second-order valence-corrected chi connectivity index (χ2v) is 8.90. The van der Waals surface area contributed by atoms with Crippen molar-refractivity contribution in [3.63, 3.8) is 0 Å². The minimum Gasteiger partial charge on any atom is -0.351 e. The number of hydrogen-bond acceptors (Lipinski definition) is 2. The minimum absolute atomic E-state index is 0.0106. The first-order valence-electron chi connectivity index (χ1n) is 11.4. The SMILES string of the molecule is CCc1ccc(N2C(=S)N[C@H](c3ccccn3)[C@@H]2c2cc(C)n(-c3ccccc3)c2C)cc1. The van der Waals surface area contributed by atoms with Crippen LogP contribution in [0.2, 0.25) is 0 Å². The molecule has 5 heteroatoms. The van der Waals surface area contributed by atoms with Crippen LogP contribution in [0, 0.1) is 13.8 Å². The molecule has 1 N–H and O–H groups in total. The third-order valence-corrected chi connectivity index (χ3v) is 6.84. The molecular weight excluding hydrogens is 424 g/mol. The van der Waals surface area contributed by atoms with Crippen molar-refractivity contribution in [2.24, 2.45) is 0 Å². The summed E-state index contributed by atoms with van der Waals surface area (Å²) < 4.78 is 2.32. The predicted octanol–water partition coefficient (Wildman–Crippen LogP) is 6.23. The Labute approximate surface area is 200 Å². The van der Waals surface area contributed by atoms with Crippen molar-refractivity contribution in [3.05, 3.63) is 113 Å². The lowest BCUT2D eigenvalue weighted by Gasteiger charge is -2.28. The number of aromatic nitrogens is 2. The van der Waals surface area contributed by atoms with Gasteiger partial charge in [-0.05, 0) is 86.1 Å². The summed E-state index contributed by atoms with van der Waals surface area (Å²) in [6, 6.07) is 27.6. The van der Waals surface area contributed by atoms with Crippen molar-refractivity contribution in [1.29, 1.82) is 0 Å². The highest BCUT2D eigenvalue weighted by molar-refractivity contribution is 7.80. The van der Waals surface area contributed by atoms with Crippen LogP contribution in [0.3, 0.4) is 0 Å². The van der Waals surface area contributed by atoms with Gasteiger partial charge >= 0.3 is 0 Å². The molecule has 1 saturated heterocycles. The standard InChI is InChI=1S/C28H28N4S/c1-4-21-13-15-23(16-14-21)32-27(26(30-28(32)33)25-12-8-9-17-29-25)24-18-19(2)31(20(24)3)22-10-6-5-7-11-22/h5-18,26-27H,4H2,1-3H3,(H,30,33)/t26-,27+/m1/s1. The van der Waals surface area contributed by atoms with E-state index in [1.54, 1.807) is 0 Å². The molecule has 0 bridgehead atoms. The molecule has 3 heterocycles. The second-order valence-electron chi connectivity index (χ2n) is 8.51. The van der Waals surface area contributed by atoms with Crippen LogP contribution in [0.1, 0.15) is 47.2 Å². The lowest BCUT2D eigenvalue weighted by Crippen LogP contribution is -2.29. The number of aryl methyl sites for hydroxylation is 2. The molecular formula is C28H28N4S. The lowest BCUT2D eigenvalue weighted by molar-refractivity contribution is 0.565. The first-order valence-corrected chi connectivity index (χ1v) is 11.8. The Balaban J connectivity index is 1.66. The van der Waals surface area contributed by atoms with Gasteiger partial charge in [-0.15, -0.1) is 0 Å². The largest absolute Gasteiger partial charge is 0.351 e. The molecule has 0 radical (unpaired) electrons. The Morgan fingerprint density at radius 3 is 2.30 bits per heavy atom. The highest BCUT2D eigenvalue weighted by Crippen LogP contribution is 2.43. The molecule has 1 aliphatic rings. The van der Waals surface area contributed by atoms with Crippen molar-refractivity contribution >= 4 is 23.0 Å². The van der Waals surface area contributed by atoms with E-state index in [0.717, 1.165) is 22.9 Å². The summed E-state index contributed by atoms with van der Waals surface area (Å²) in [5.74, 6) is 0. The number of nitrogens with zero attached hydrogens (tertiary/aromatic N) is 3. The summed E-state index contributed by atoms with van der Waals surface area (Å²) in [5.41, 5.74) is 8.23. The maximum atomic E-state index is 5.89. The zero-order valence-electron chi connectivity index (χ0n) is 19.2. The molecule has 0 spiro atoms.